The minimum Gasteiger partial charge on any atom is -0.480 e. The third kappa shape index (κ3) is 7.40. The first kappa shape index (κ1) is 23.8. The highest BCUT2D eigenvalue weighted by Crippen LogP contribution is 2.17. The Hall–Kier alpha value is -2.49. The molecular formula is C21H32N4O5. The highest BCUT2D eigenvalue weighted by molar-refractivity contribution is 5.80. The van der Waals surface area contributed by atoms with Crippen LogP contribution >= 0.6 is 0 Å². The lowest BCUT2D eigenvalue weighted by molar-refractivity contribution is -0.142. The lowest BCUT2D eigenvalue weighted by Gasteiger charge is -2.28. The number of likely N-dealkylation sites (N-methyl/N-ethyl adjacent to an activating group) is 1. The molecule has 30 heavy (non-hydrogen) atoms. The SMILES string of the molecule is CN(CC(N)CN1CCC[C@H]1C(=O)O)C(=O)CNC(CCc1ccccc1)C(=O)O. The lowest BCUT2D eigenvalue weighted by Crippen LogP contribution is -2.50. The first-order chi connectivity index (χ1) is 14.3. The third-order valence-electron chi connectivity index (χ3n) is 5.41. The van der Waals surface area contributed by atoms with E-state index in [-0.39, 0.29) is 25.0 Å². The van der Waals surface area contributed by atoms with E-state index in [1.54, 1.807) is 7.05 Å². The number of aliphatic carboxylic acids is 2. The molecule has 0 aliphatic carbocycles. The molecule has 1 aromatic rings. The van der Waals surface area contributed by atoms with Crippen LogP contribution in [-0.2, 0) is 20.8 Å². The maximum absolute atomic E-state index is 12.4. The summed E-state index contributed by atoms with van der Waals surface area (Å²) in [5.74, 6) is -2.09. The predicted molar refractivity (Wildman–Crippen MR) is 112 cm³/mol. The molecular weight excluding hydrogens is 388 g/mol. The second-order valence-electron chi connectivity index (χ2n) is 7.82. The van der Waals surface area contributed by atoms with Gasteiger partial charge in [-0.3, -0.25) is 24.6 Å². The highest BCUT2D eigenvalue weighted by Gasteiger charge is 2.31. The van der Waals surface area contributed by atoms with Gasteiger partial charge in [-0.15, -0.1) is 0 Å². The second-order valence-corrected chi connectivity index (χ2v) is 7.82. The van der Waals surface area contributed by atoms with Crippen molar-refractivity contribution in [1.29, 1.82) is 0 Å². The van der Waals surface area contributed by atoms with Gasteiger partial charge in [0.05, 0.1) is 6.54 Å². The maximum atomic E-state index is 12.4. The summed E-state index contributed by atoms with van der Waals surface area (Å²) in [5.41, 5.74) is 7.17. The van der Waals surface area contributed by atoms with Crippen LogP contribution in [0.3, 0.4) is 0 Å². The highest BCUT2D eigenvalue weighted by atomic mass is 16.4. The number of carboxylic acid groups (broad SMARTS) is 2. The van der Waals surface area contributed by atoms with E-state index in [0.717, 1.165) is 12.0 Å². The molecule has 2 rings (SSSR count). The lowest BCUT2D eigenvalue weighted by atomic mass is 10.1. The van der Waals surface area contributed by atoms with Gasteiger partial charge < -0.3 is 20.8 Å². The van der Waals surface area contributed by atoms with Crippen LogP contribution in [-0.4, -0.2) is 89.2 Å². The van der Waals surface area contributed by atoms with E-state index in [1.165, 1.54) is 4.90 Å². The number of carbonyl (C=O) groups is 3. The summed E-state index contributed by atoms with van der Waals surface area (Å²) in [6, 6.07) is 7.87. The molecule has 1 aliphatic rings. The van der Waals surface area contributed by atoms with Gasteiger partial charge in [0.25, 0.3) is 0 Å². The Balaban J connectivity index is 1.76. The van der Waals surface area contributed by atoms with E-state index in [0.29, 0.717) is 32.4 Å². The topological polar surface area (TPSA) is 136 Å². The number of carbonyl (C=O) groups excluding carboxylic acids is 1. The zero-order valence-electron chi connectivity index (χ0n) is 17.4. The summed E-state index contributed by atoms with van der Waals surface area (Å²) in [4.78, 5) is 38.5. The molecule has 5 N–H and O–H groups in total. The van der Waals surface area contributed by atoms with Crippen LogP contribution in [0, 0.1) is 0 Å². The predicted octanol–water partition coefficient (Wildman–Crippen LogP) is -0.00330. The zero-order chi connectivity index (χ0) is 22.1. The molecule has 1 aliphatic heterocycles. The number of nitrogens with one attached hydrogen (secondary N) is 1. The molecule has 1 aromatic carbocycles. The molecule has 166 valence electrons. The minimum absolute atomic E-state index is 0.101. The fourth-order valence-corrected chi connectivity index (χ4v) is 3.75. The molecule has 0 spiro atoms. The number of amides is 1. The average molecular weight is 421 g/mol. The van der Waals surface area contributed by atoms with Crippen molar-refractivity contribution in [3.63, 3.8) is 0 Å². The number of carboxylic acids is 2. The minimum atomic E-state index is -0.994. The summed E-state index contributed by atoms with van der Waals surface area (Å²) in [7, 11) is 1.61. The van der Waals surface area contributed by atoms with Gasteiger partial charge in [-0.2, -0.15) is 0 Å². The number of aryl methyl sites for hydroxylation is 1. The molecule has 3 atom stereocenters. The van der Waals surface area contributed by atoms with Gasteiger partial charge in [0.15, 0.2) is 0 Å². The Bertz CT molecular complexity index is 715. The van der Waals surface area contributed by atoms with E-state index in [2.05, 4.69) is 5.32 Å². The quantitative estimate of drug-likeness (QED) is 0.371. The van der Waals surface area contributed by atoms with Gasteiger partial charge in [-0.05, 0) is 37.8 Å². The summed E-state index contributed by atoms with van der Waals surface area (Å²) >= 11 is 0. The van der Waals surface area contributed by atoms with Crippen LogP contribution in [0.1, 0.15) is 24.8 Å². The van der Waals surface area contributed by atoms with Crippen molar-refractivity contribution in [3.8, 4) is 0 Å². The normalized spacial score (nSPS) is 18.7. The van der Waals surface area contributed by atoms with Crippen molar-refractivity contribution < 1.29 is 24.6 Å². The number of nitrogens with two attached hydrogens (primary N) is 1. The van der Waals surface area contributed by atoms with Gasteiger partial charge >= 0.3 is 11.9 Å². The van der Waals surface area contributed by atoms with Crippen molar-refractivity contribution >= 4 is 17.8 Å². The Kier molecular flexibility index (Phi) is 9.22. The van der Waals surface area contributed by atoms with Crippen molar-refractivity contribution in [1.82, 2.24) is 15.1 Å². The van der Waals surface area contributed by atoms with Gasteiger partial charge in [0.1, 0.15) is 12.1 Å². The molecule has 1 heterocycles. The molecule has 9 nitrogen and oxygen atoms in total. The summed E-state index contributed by atoms with van der Waals surface area (Å²) in [5, 5.41) is 21.5. The number of hydrogen-bond acceptors (Lipinski definition) is 6. The molecule has 1 amide bonds. The standard InChI is InChI=1S/C21H32N4O5/c1-24(13-16(22)14-25-11-5-8-18(25)21(29)30)19(26)12-23-17(20(27)28)10-9-15-6-3-2-4-7-15/h2-4,6-7,16-18,23H,5,8-14,22H2,1H3,(H,27,28)(H,29,30)/t16?,17?,18-/m0/s1. The van der Waals surface area contributed by atoms with Crippen LogP contribution < -0.4 is 11.1 Å². The van der Waals surface area contributed by atoms with Crippen LogP contribution in [0.5, 0.6) is 0 Å². The molecule has 2 unspecified atom stereocenters. The van der Waals surface area contributed by atoms with Gasteiger partial charge in [-0.1, -0.05) is 30.3 Å². The van der Waals surface area contributed by atoms with Crippen molar-refractivity contribution in [2.45, 2.75) is 43.8 Å². The van der Waals surface area contributed by atoms with E-state index >= 15 is 0 Å². The second kappa shape index (κ2) is 11.6. The van der Waals surface area contributed by atoms with E-state index in [9.17, 15) is 24.6 Å². The average Bonchev–Trinajstić information content (AvgIpc) is 3.16. The van der Waals surface area contributed by atoms with Crippen molar-refractivity contribution in [2.24, 2.45) is 5.73 Å². The molecule has 0 saturated carbocycles. The molecule has 1 fully saturated rings. The number of rotatable bonds is 12. The van der Waals surface area contributed by atoms with Crippen LogP contribution in [0.4, 0.5) is 0 Å². The molecule has 0 radical (unpaired) electrons. The summed E-state index contributed by atoms with van der Waals surface area (Å²) in [6.45, 7) is 1.25. The van der Waals surface area contributed by atoms with Gasteiger partial charge in [0, 0.05) is 26.2 Å². The number of hydrogen-bond donors (Lipinski definition) is 4. The third-order valence-corrected chi connectivity index (χ3v) is 5.41. The van der Waals surface area contributed by atoms with E-state index in [1.807, 2.05) is 35.2 Å². The Morgan fingerprint density at radius 2 is 1.97 bits per heavy atom. The number of nitrogens with zero attached hydrogens (tertiary/aromatic N) is 2. The Morgan fingerprint density at radius 3 is 2.60 bits per heavy atom. The largest absolute Gasteiger partial charge is 0.480 e. The van der Waals surface area contributed by atoms with E-state index < -0.39 is 24.0 Å². The maximum Gasteiger partial charge on any atom is 0.320 e. The number of likely N-dealkylation sites (tertiary alicyclic amines) is 1. The monoisotopic (exact) mass is 420 g/mol. The van der Waals surface area contributed by atoms with Crippen molar-refractivity contribution in [2.75, 3.05) is 33.2 Å². The van der Waals surface area contributed by atoms with E-state index in [4.69, 9.17) is 5.73 Å². The van der Waals surface area contributed by atoms with Crippen LogP contribution in [0.2, 0.25) is 0 Å². The summed E-state index contributed by atoms with van der Waals surface area (Å²) < 4.78 is 0. The number of benzene rings is 1. The Morgan fingerprint density at radius 1 is 1.27 bits per heavy atom. The van der Waals surface area contributed by atoms with Crippen LogP contribution in [0.15, 0.2) is 30.3 Å². The summed E-state index contributed by atoms with van der Waals surface area (Å²) in [6.07, 6.45) is 2.41. The fourth-order valence-electron chi connectivity index (χ4n) is 3.75. The first-order valence-corrected chi connectivity index (χ1v) is 10.2. The first-order valence-electron chi connectivity index (χ1n) is 10.2. The van der Waals surface area contributed by atoms with Gasteiger partial charge in [-0.25, -0.2) is 0 Å². The molecule has 9 heteroatoms. The molecule has 1 saturated heterocycles. The molecule has 0 bridgehead atoms. The molecule has 0 aromatic heterocycles. The smallest absolute Gasteiger partial charge is 0.320 e. The Labute approximate surface area is 176 Å². The fraction of sp³-hybridized carbons (Fsp3) is 0.571. The van der Waals surface area contributed by atoms with Crippen molar-refractivity contribution in [3.05, 3.63) is 35.9 Å². The zero-order valence-corrected chi connectivity index (χ0v) is 17.4. The van der Waals surface area contributed by atoms with Crippen LogP contribution in [0.25, 0.3) is 0 Å². The van der Waals surface area contributed by atoms with Gasteiger partial charge in [0.2, 0.25) is 5.91 Å².